The topological polar surface area (TPSA) is 89.0 Å². The van der Waals surface area contributed by atoms with Crippen LogP contribution >= 0.6 is 11.3 Å². The van der Waals surface area contributed by atoms with Gasteiger partial charge in [-0.15, -0.1) is 11.3 Å². The molecule has 156 valence electrons. The number of nitro benzene ring substituents is 1. The molecule has 0 spiro atoms. The number of benzene rings is 3. The smallest absolute Gasteiger partial charge is 0.270 e. The summed E-state index contributed by atoms with van der Waals surface area (Å²) in [4.78, 5) is 15.1. The highest BCUT2D eigenvalue weighted by Gasteiger charge is 2.12. The third-order valence-electron chi connectivity index (χ3n) is 4.63. The van der Waals surface area contributed by atoms with E-state index in [0.29, 0.717) is 34.2 Å². The van der Waals surface area contributed by atoms with Crippen LogP contribution in [0.4, 0.5) is 5.69 Å². The van der Waals surface area contributed by atoms with Crippen molar-refractivity contribution < 1.29 is 9.66 Å². The average molecular weight is 439 g/mol. The summed E-state index contributed by atoms with van der Waals surface area (Å²) in [5, 5.41) is 23.1. The van der Waals surface area contributed by atoms with Crippen LogP contribution in [0.15, 0.2) is 84.2 Å². The lowest BCUT2D eigenvalue weighted by molar-refractivity contribution is -0.384. The van der Waals surface area contributed by atoms with Gasteiger partial charge in [0.05, 0.1) is 16.2 Å². The molecule has 0 fully saturated rings. The number of ether oxygens (including phenoxy) is 1. The second kappa shape index (κ2) is 9.69. The van der Waals surface area contributed by atoms with Crippen LogP contribution < -0.4 is 4.74 Å². The van der Waals surface area contributed by atoms with Gasteiger partial charge < -0.3 is 4.74 Å². The highest BCUT2D eigenvalue weighted by Crippen LogP contribution is 2.29. The number of allylic oxidation sites excluding steroid dienone is 1. The zero-order valence-electron chi connectivity index (χ0n) is 16.8. The van der Waals surface area contributed by atoms with E-state index in [9.17, 15) is 15.4 Å². The molecule has 1 aromatic heterocycles. The second-order valence-electron chi connectivity index (χ2n) is 6.86. The van der Waals surface area contributed by atoms with Crippen molar-refractivity contribution in [3.63, 3.8) is 0 Å². The maximum absolute atomic E-state index is 11.0. The van der Waals surface area contributed by atoms with Crippen LogP contribution in [0.1, 0.15) is 16.1 Å². The maximum Gasteiger partial charge on any atom is 0.270 e. The van der Waals surface area contributed by atoms with Crippen LogP contribution in [0.25, 0.3) is 22.9 Å². The summed E-state index contributed by atoms with van der Waals surface area (Å²) in [5.74, 6) is 0.705. The van der Waals surface area contributed by atoms with E-state index in [-0.39, 0.29) is 5.69 Å². The molecular formula is C25H17N3O3S. The molecule has 1 heterocycles. The molecule has 0 atom stereocenters. The van der Waals surface area contributed by atoms with Gasteiger partial charge in [-0.3, -0.25) is 10.1 Å². The molecule has 0 aliphatic rings. The van der Waals surface area contributed by atoms with Crippen molar-refractivity contribution in [2.45, 2.75) is 6.61 Å². The minimum atomic E-state index is -0.440. The number of rotatable bonds is 7. The summed E-state index contributed by atoms with van der Waals surface area (Å²) >= 11 is 1.32. The number of hydrogen-bond donors (Lipinski definition) is 0. The van der Waals surface area contributed by atoms with Crippen LogP contribution in [0.3, 0.4) is 0 Å². The van der Waals surface area contributed by atoms with Gasteiger partial charge in [0.1, 0.15) is 23.4 Å². The summed E-state index contributed by atoms with van der Waals surface area (Å²) in [6, 6.07) is 25.9. The molecule has 3 aromatic carbocycles. The third kappa shape index (κ3) is 5.06. The van der Waals surface area contributed by atoms with Crippen LogP contribution in [0.2, 0.25) is 0 Å². The second-order valence-corrected chi connectivity index (χ2v) is 7.72. The first-order valence-electron chi connectivity index (χ1n) is 9.72. The van der Waals surface area contributed by atoms with E-state index in [1.165, 1.54) is 23.5 Å². The highest BCUT2D eigenvalue weighted by molar-refractivity contribution is 7.11. The monoisotopic (exact) mass is 439 g/mol. The van der Waals surface area contributed by atoms with Crippen LogP contribution in [0.5, 0.6) is 5.75 Å². The Morgan fingerprint density at radius 1 is 1.09 bits per heavy atom. The molecule has 32 heavy (non-hydrogen) atoms. The maximum atomic E-state index is 11.0. The van der Waals surface area contributed by atoms with Gasteiger partial charge in [-0.25, -0.2) is 4.98 Å². The Morgan fingerprint density at radius 3 is 2.69 bits per heavy atom. The van der Waals surface area contributed by atoms with Crippen molar-refractivity contribution in [1.82, 2.24) is 4.98 Å². The van der Waals surface area contributed by atoms with Gasteiger partial charge in [-0.2, -0.15) is 5.26 Å². The first-order chi connectivity index (χ1) is 15.6. The fourth-order valence-corrected chi connectivity index (χ4v) is 3.85. The zero-order chi connectivity index (χ0) is 22.3. The molecule has 0 N–H and O–H groups in total. The largest absolute Gasteiger partial charge is 0.489 e. The lowest BCUT2D eigenvalue weighted by atomic mass is 10.1. The summed E-state index contributed by atoms with van der Waals surface area (Å²) in [6.07, 6.45) is 1.76. The number of hydrogen-bond acceptors (Lipinski definition) is 6. The van der Waals surface area contributed by atoms with Crippen LogP contribution in [0, 0.1) is 21.4 Å². The molecule has 4 rings (SSSR count). The Balaban J connectivity index is 1.54. The predicted octanol–water partition coefficient (Wildman–Crippen LogP) is 6.36. The first-order valence-corrected chi connectivity index (χ1v) is 10.6. The Kier molecular flexibility index (Phi) is 6.35. The van der Waals surface area contributed by atoms with E-state index in [4.69, 9.17) is 4.74 Å². The van der Waals surface area contributed by atoms with Crippen molar-refractivity contribution in [3.8, 4) is 23.1 Å². The third-order valence-corrected chi connectivity index (χ3v) is 5.50. The fraction of sp³-hybridized carbons (Fsp3) is 0.0400. The fourth-order valence-electron chi connectivity index (χ4n) is 3.05. The van der Waals surface area contributed by atoms with E-state index < -0.39 is 4.92 Å². The number of nitro groups is 1. The van der Waals surface area contributed by atoms with Gasteiger partial charge in [0, 0.05) is 23.1 Å². The average Bonchev–Trinajstić information content (AvgIpc) is 3.32. The summed E-state index contributed by atoms with van der Waals surface area (Å²) in [5.41, 5.74) is 3.53. The van der Waals surface area contributed by atoms with Crippen molar-refractivity contribution in [2.75, 3.05) is 0 Å². The normalized spacial score (nSPS) is 11.0. The minimum Gasteiger partial charge on any atom is -0.489 e. The molecule has 4 aromatic rings. The van der Waals surface area contributed by atoms with Gasteiger partial charge in [-0.05, 0) is 29.3 Å². The number of thiazole rings is 1. The molecule has 0 saturated carbocycles. The number of nitriles is 1. The van der Waals surface area contributed by atoms with E-state index in [0.717, 1.165) is 11.1 Å². The van der Waals surface area contributed by atoms with Gasteiger partial charge >= 0.3 is 0 Å². The van der Waals surface area contributed by atoms with E-state index in [2.05, 4.69) is 11.1 Å². The van der Waals surface area contributed by atoms with Gasteiger partial charge in [0.15, 0.2) is 0 Å². The summed E-state index contributed by atoms with van der Waals surface area (Å²) in [6.45, 7) is 0.457. The molecule has 0 amide bonds. The van der Waals surface area contributed by atoms with Crippen molar-refractivity contribution in [3.05, 3.63) is 110 Å². The van der Waals surface area contributed by atoms with Crippen molar-refractivity contribution >= 4 is 28.7 Å². The molecule has 0 bridgehead atoms. The van der Waals surface area contributed by atoms with Gasteiger partial charge in [0.2, 0.25) is 0 Å². The number of non-ortho nitro benzene ring substituents is 1. The highest BCUT2D eigenvalue weighted by atomic mass is 32.1. The molecule has 0 radical (unpaired) electrons. The lowest BCUT2D eigenvalue weighted by Crippen LogP contribution is -1.95. The Morgan fingerprint density at radius 2 is 1.91 bits per heavy atom. The van der Waals surface area contributed by atoms with Gasteiger partial charge in [-0.1, -0.05) is 54.6 Å². The van der Waals surface area contributed by atoms with E-state index in [1.807, 2.05) is 54.6 Å². The molecular weight excluding hydrogens is 422 g/mol. The Bertz CT molecular complexity index is 1320. The molecule has 6 nitrogen and oxygen atoms in total. The van der Waals surface area contributed by atoms with Crippen LogP contribution in [-0.2, 0) is 6.61 Å². The van der Waals surface area contributed by atoms with E-state index in [1.54, 1.807) is 23.6 Å². The predicted molar refractivity (Wildman–Crippen MR) is 125 cm³/mol. The van der Waals surface area contributed by atoms with Gasteiger partial charge in [0.25, 0.3) is 5.69 Å². The molecule has 7 heteroatoms. The van der Waals surface area contributed by atoms with Crippen LogP contribution in [-0.4, -0.2) is 9.91 Å². The number of aromatic nitrogens is 1. The lowest BCUT2D eigenvalue weighted by Gasteiger charge is -2.07. The van der Waals surface area contributed by atoms with E-state index >= 15 is 0 Å². The Labute approximate surface area is 188 Å². The van der Waals surface area contributed by atoms with Crippen molar-refractivity contribution in [1.29, 1.82) is 5.26 Å². The SMILES string of the molecule is N#C/C(=C\c1cccc(OCc2ccccc2)c1)c1nc(-c2cccc([N+](=O)[O-])c2)cs1. The standard InChI is InChI=1S/C25H17N3O3S/c26-15-21(25-27-24(17-32-25)20-9-5-10-22(14-20)28(29)30)12-19-8-4-11-23(13-19)31-16-18-6-2-1-3-7-18/h1-14,17H,16H2/b21-12+. The molecule has 0 aliphatic heterocycles. The first kappa shape index (κ1) is 21.0. The quantitative estimate of drug-likeness (QED) is 0.190. The Hall–Kier alpha value is -4.28. The summed E-state index contributed by atoms with van der Waals surface area (Å²) in [7, 11) is 0. The zero-order valence-corrected chi connectivity index (χ0v) is 17.7. The molecule has 0 aliphatic carbocycles. The molecule has 0 unspecified atom stereocenters. The van der Waals surface area contributed by atoms with Crippen molar-refractivity contribution in [2.24, 2.45) is 0 Å². The minimum absolute atomic E-state index is 0.000386. The number of nitrogens with zero attached hydrogens (tertiary/aromatic N) is 3. The molecule has 0 saturated heterocycles. The summed E-state index contributed by atoms with van der Waals surface area (Å²) < 4.78 is 5.87.